The van der Waals surface area contributed by atoms with Gasteiger partial charge in [-0.1, -0.05) is 13.0 Å². The molecule has 2 heterocycles. The van der Waals surface area contributed by atoms with E-state index in [1.807, 2.05) is 19.9 Å². The predicted octanol–water partition coefficient (Wildman–Crippen LogP) is 1.26. The van der Waals surface area contributed by atoms with Crippen LogP contribution in [0.25, 0.3) is 0 Å². The van der Waals surface area contributed by atoms with Crippen LogP contribution < -0.4 is 10.9 Å². The Labute approximate surface area is 117 Å². The van der Waals surface area contributed by atoms with E-state index in [1.54, 1.807) is 16.8 Å². The van der Waals surface area contributed by atoms with Crippen LogP contribution in [0.15, 0.2) is 23.1 Å². The van der Waals surface area contributed by atoms with Crippen molar-refractivity contribution in [1.82, 2.24) is 14.8 Å². The number of amides is 3. The Hall–Kier alpha value is -2.11. The molecule has 1 aliphatic rings. The quantitative estimate of drug-likeness (QED) is 0.900. The Morgan fingerprint density at radius 2 is 2.10 bits per heavy atom. The van der Waals surface area contributed by atoms with Crippen LogP contribution >= 0.6 is 0 Å². The maximum Gasteiger partial charge on any atom is 0.324 e. The molecule has 0 spiro atoms. The van der Waals surface area contributed by atoms with Gasteiger partial charge in [0.2, 0.25) is 5.91 Å². The van der Waals surface area contributed by atoms with Crippen molar-refractivity contribution in [2.75, 3.05) is 6.54 Å². The van der Waals surface area contributed by atoms with Gasteiger partial charge in [0.25, 0.3) is 5.56 Å². The minimum absolute atomic E-state index is 0.0773. The van der Waals surface area contributed by atoms with E-state index in [9.17, 15) is 14.4 Å². The molecular formula is C14H19N3O3. The summed E-state index contributed by atoms with van der Waals surface area (Å²) in [6, 6.07) is 3.24. The first-order chi connectivity index (χ1) is 9.52. The van der Waals surface area contributed by atoms with Crippen LogP contribution in [0, 0.1) is 0 Å². The van der Waals surface area contributed by atoms with Crippen LogP contribution in [0.2, 0.25) is 0 Å². The fraction of sp³-hybridized carbons (Fsp3) is 0.500. The summed E-state index contributed by atoms with van der Waals surface area (Å²) >= 11 is 0. The number of hydrogen-bond donors (Lipinski definition) is 1. The van der Waals surface area contributed by atoms with Crippen molar-refractivity contribution in [2.24, 2.45) is 0 Å². The Morgan fingerprint density at radius 1 is 1.35 bits per heavy atom. The highest BCUT2D eigenvalue weighted by molar-refractivity contribution is 5.96. The van der Waals surface area contributed by atoms with Gasteiger partial charge in [-0.25, -0.2) is 4.79 Å². The van der Waals surface area contributed by atoms with Crippen molar-refractivity contribution in [3.8, 4) is 0 Å². The largest absolute Gasteiger partial charge is 0.324 e. The molecule has 108 valence electrons. The smallest absolute Gasteiger partial charge is 0.319 e. The first-order valence-electron chi connectivity index (χ1n) is 6.81. The molecule has 0 radical (unpaired) electrons. The number of imide groups is 1. The number of carbonyl (C=O) groups is 2. The van der Waals surface area contributed by atoms with E-state index in [1.165, 1.54) is 4.90 Å². The Bertz CT molecular complexity index is 579. The minimum atomic E-state index is -0.431. The van der Waals surface area contributed by atoms with Crippen molar-refractivity contribution in [3.63, 3.8) is 0 Å². The topological polar surface area (TPSA) is 71.4 Å². The molecule has 3 amide bonds. The average Bonchev–Trinajstić information content (AvgIpc) is 2.43. The van der Waals surface area contributed by atoms with Gasteiger partial charge in [0.15, 0.2) is 0 Å². The first kappa shape index (κ1) is 14.3. The third kappa shape index (κ3) is 2.89. The maximum atomic E-state index is 12.4. The van der Waals surface area contributed by atoms with E-state index in [-0.39, 0.29) is 30.5 Å². The second kappa shape index (κ2) is 5.90. The predicted molar refractivity (Wildman–Crippen MR) is 74.3 cm³/mol. The number of hydrogen-bond acceptors (Lipinski definition) is 3. The molecule has 1 aromatic heterocycles. The molecule has 1 saturated heterocycles. The molecular weight excluding hydrogens is 258 g/mol. The zero-order valence-electron chi connectivity index (χ0n) is 11.8. The molecule has 1 aliphatic heterocycles. The average molecular weight is 277 g/mol. The van der Waals surface area contributed by atoms with E-state index in [4.69, 9.17) is 0 Å². The van der Waals surface area contributed by atoms with E-state index in [0.29, 0.717) is 12.1 Å². The summed E-state index contributed by atoms with van der Waals surface area (Å²) in [5, 5.41) is 2.26. The van der Waals surface area contributed by atoms with Crippen molar-refractivity contribution < 1.29 is 9.59 Å². The van der Waals surface area contributed by atoms with E-state index < -0.39 is 6.03 Å². The first-order valence-corrected chi connectivity index (χ1v) is 6.81. The lowest BCUT2D eigenvalue weighted by Gasteiger charge is -2.26. The molecule has 1 fully saturated rings. The number of aromatic nitrogens is 1. The molecule has 0 aliphatic carbocycles. The molecule has 0 aromatic carbocycles. The lowest BCUT2D eigenvalue weighted by molar-refractivity contribution is -0.121. The highest BCUT2D eigenvalue weighted by Crippen LogP contribution is 2.09. The normalized spacial score (nSPS) is 17.0. The number of nitrogens with zero attached hydrogens (tertiary/aromatic N) is 2. The van der Waals surface area contributed by atoms with Crippen molar-refractivity contribution in [2.45, 2.75) is 39.3 Å². The lowest BCUT2D eigenvalue weighted by Crippen LogP contribution is -2.49. The summed E-state index contributed by atoms with van der Waals surface area (Å²) in [6.07, 6.45) is 2.90. The third-order valence-electron chi connectivity index (χ3n) is 3.62. The van der Waals surface area contributed by atoms with Crippen LogP contribution in [0.3, 0.4) is 0 Å². The van der Waals surface area contributed by atoms with E-state index in [0.717, 1.165) is 6.42 Å². The van der Waals surface area contributed by atoms with Gasteiger partial charge in [0, 0.05) is 30.8 Å². The molecule has 20 heavy (non-hydrogen) atoms. The standard InChI is InChI=1S/C14H19N3O3/c1-3-10(2)17-7-4-5-11(13(17)19)9-16-8-6-12(18)15-14(16)20/h4-5,7,10H,3,6,8-9H2,1-2H3,(H,15,18,20). The van der Waals surface area contributed by atoms with E-state index >= 15 is 0 Å². The number of nitrogens with one attached hydrogen (secondary N) is 1. The highest BCUT2D eigenvalue weighted by atomic mass is 16.2. The number of rotatable bonds is 4. The maximum absolute atomic E-state index is 12.4. The van der Waals surface area contributed by atoms with Crippen LogP contribution in [-0.4, -0.2) is 28.0 Å². The summed E-state index contributed by atoms with van der Waals surface area (Å²) in [4.78, 5) is 36.6. The monoisotopic (exact) mass is 277 g/mol. The van der Waals surface area contributed by atoms with Gasteiger partial charge in [-0.3, -0.25) is 14.9 Å². The van der Waals surface area contributed by atoms with Gasteiger partial charge in [0.05, 0.1) is 6.54 Å². The molecule has 2 rings (SSSR count). The van der Waals surface area contributed by atoms with Gasteiger partial charge in [-0.05, 0) is 19.4 Å². The fourth-order valence-corrected chi connectivity index (χ4v) is 2.18. The number of urea groups is 1. The Kier molecular flexibility index (Phi) is 4.22. The van der Waals surface area contributed by atoms with Crippen LogP contribution in [0.5, 0.6) is 0 Å². The van der Waals surface area contributed by atoms with Crippen molar-refractivity contribution >= 4 is 11.9 Å². The lowest BCUT2D eigenvalue weighted by atomic mass is 10.2. The highest BCUT2D eigenvalue weighted by Gasteiger charge is 2.23. The SMILES string of the molecule is CCC(C)n1cccc(CN2CCC(=O)NC2=O)c1=O. The fourth-order valence-electron chi connectivity index (χ4n) is 2.18. The van der Waals surface area contributed by atoms with Gasteiger partial charge < -0.3 is 9.47 Å². The summed E-state index contributed by atoms with van der Waals surface area (Å²) in [5.41, 5.74) is 0.490. The van der Waals surface area contributed by atoms with Crippen molar-refractivity contribution in [3.05, 3.63) is 34.2 Å². The molecule has 0 saturated carbocycles. The number of carbonyl (C=O) groups excluding carboxylic acids is 2. The van der Waals surface area contributed by atoms with Crippen molar-refractivity contribution in [1.29, 1.82) is 0 Å². The van der Waals surface area contributed by atoms with Gasteiger partial charge >= 0.3 is 6.03 Å². The molecule has 6 heteroatoms. The molecule has 1 atom stereocenters. The van der Waals surface area contributed by atoms with Crippen LogP contribution in [0.1, 0.15) is 38.3 Å². The Balaban J connectivity index is 2.20. The molecule has 6 nitrogen and oxygen atoms in total. The summed E-state index contributed by atoms with van der Waals surface area (Å²) < 4.78 is 1.68. The Morgan fingerprint density at radius 3 is 2.75 bits per heavy atom. The second-order valence-corrected chi connectivity index (χ2v) is 5.03. The van der Waals surface area contributed by atoms with Crippen LogP contribution in [0.4, 0.5) is 4.79 Å². The second-order valence-electron chi connectivity index (χ2n) is 5.03. The van der Waals surface area contributed by atoms with Crippen LogP contribution in [-0.2, 0) is 11.3 Å². The molecule has 1 N–H and O–H groups in total. The van der Waals surface area contributed by atoms with Gasteiger partial charge in [-0.15, -0.1) is 0 Å². The zero-order chi connectivity index (χ0) is 14.7. The summed E-state index contributed by atoms with van der Waals surface area (Å²) in [6.45, 7) is 4.59. The summed E-state index contributed by atoms with van der Waals surface area (Å²) in [7, 11) is 0. The third-order valence-corrected chi connectivity index (χ3v) is 3.62. The molecule has 1 aromatic rings. The number of pyridine rings is 1. The van der Waals surface area contributed by atoms with Gasteiger partial charge in [-0.2, -0.15) is 0 Å². The van der Waals surface area contributed by atoms with Gasteiger partial charge in [0.1, 0.15) is 0 Å². The molecule has 1 unspecified atom stereocenters. The van der Waals surface area contributed by atoms with E-state index in [2.05, 4.69) is 5.32 Å². The molecule has 0 bridgehead atoms. The summed E-state index contributed by atoms with van der Waals surface area (Å²) in [5.74, 6) is -0.267. The minimum Gasteiger partial charge on any atom is -0.319 e. The zero-order valence-corrected chi connectivity index (χ0v) is 11.8.